The standard InChI is InChI=1S/C9H14ClNO/c1-3-4-8(12)5-6-9(2,10)7-11/h3-6H2,1-2H3. The second kappa shape index (κ2) is 5.16. The van der Waals surface area contributed by atoms with Gasteiger partial charge in [-0.1, -0.05) is 6.92 Å². The van der Waals surface area contributed by atoms with E-state index < -0.39 is 4.87 Å². The van der Waals surface area contributed by atoms with E-state index in [4.69, 9.17) is 16.9 Å². The fraction of sp³-hybridized carbons (Fsp3) is 0.778. The monoisotopic (exact) mass is 187 g/mol. The van der Waals surface area contributed by atoms with Crippen LogP contribution in [0.2, 0.25) is 0 Å². The van der Waals surface area contributed by atoms with Gasteiger partial charge in [0.1, 0.15) is 10.7 Å². The molecule has 12 heavy (non-hydrogen) atoms. The third-order valence-electron chi connectivity index (χ3n) is 1.64. The molecule has 0 amide bonds. The summed E-state index contributed by atoms with van der Waals surface area (Å²) in [4.78, 5) is 10.2. The van der Waals surface area contributed by atoms with Gasteiger partial charge in [0.05, 0.1) is 6.07 Å². The SMILES string of the molecule is CCCC(=O)CCC(C)(Cl)C#N. The van der Waals surface area contributed by atoms with Crippen molar-refractivity contribution in [3.63, 3.8) is 0 Å². The van der Waals surface area contributed by atoms with Gasteiger partial charge in [-0.3, -0.25) is 4.79 Å². The van der Waals surface area contributed by atoms with Crippen LogP contribution in [0.25, 0.3) is 0 Å². The molecule has 0 aromatic rings. The number of halogens is 1. The summed E-state index contributed by atoms with van der Waals surface area (Å²) in [5.74, 6) is 0.194. The van der Waals surface area contributed by atoms with Crippen LogP contribution in [0.15, 0.2) is 0 Å². The average molecular weight is 188 g/mol. The molecule has 3 heteroatoms. The minimum absolute atomic E-state index is 0.194. The van der Waals surface area contributed by atoms with Crippen LogP contribution in [-0.2, 0) is 4.79 Å². The molecule has 0 saturated carbocycles. The number of hydrogen-bond donors (Lipinski definition) is 0. The minimum atomic E-state index is -0.872. The van der Waals surface area contributed by atoms with E-state index in [1.54, 1.807) is 6.92 Å². The number of ketones is 1. The first-order valence-electron chi connectivity index (χ1n) is 4.13. The predicted octanol–water partition coefficient (Wildman–Crippen LogP) is 2.66. The molecule has 0 saturated heterocycles. The van der Waals surface area contributed by atoms with Gasteiger partial charge in [0.25, 0.3) is 0 Å². The van der Waals surface area contributed by atoms with E-state index in [0.717, 1.165) is 6.42 Å². The Labute approximate surface area is 78.5 Å². The first-order chi connectivity index (χ1) is 5.52. The van der Waals surface area contributed by atoms with Gasteiger partial charge in [-0.2, -0.15) is 5.26 Å². The summed E-state index contributed by atoms with van der Waals surface area (Å²) in [6, 6.07) is 1.95. The van der Waals surface area contributed by atoms with Crippen molar-refractivity contribution in [3.05, 3.63) is 0 Å². The van der Waals surface area contributed by atoms with Gasteiger partial charge in [-0.15, -0.1) is 11.6 Å². The number of nitriles is 1. The number of Topliss-reactive ketones (excluding diaryl/α,β-unsaturated/α-hetero) is 1. The molecule has 1 atom stereocenters. The van der Waals surface area contributed by atoms with E-state index in [9.17, 15) is 4.79 Å². The molecule has 0 bridgehead atoms. The Kier molecular flexibility index (Phi) is 4.92. The van der Waals surface area contributed by atoms with E-state index in [-0.39, 0.29) is 5.78 Å². The van der Waals surface area contributed by atoms with Crippen molar-refractivity contribution in [2.75, 3.05) is 0 Å². The molecule has 0 aliphatic rings. The van der Waals surface area contributed by atoms with Crippen molar-refractivity contribution in [2.45, 2.75) is 44.4 Å². The lowest BCUT2D eigenvalue weighted by Crippen LogP contribution is -2.14. The lowest BCUT2D eigenvalue weighted by atomic mass is 10.0. The summed E-state index contributed by atoms with van der Waals surface area (Å²) >= 11 is 5.75. The molecule has 2 nitrogen and oxygen atoms in total. The van der Waals surface area contributed by atoms with Gasteiger partial charge >= 0.3 is 0 Å². The number of alkyl halides is 1. The van der Waals surface area contributed by atoms with Gasteiger partial charge in [0, 0.05) is 12.8 Å². The molecule has 0 rings (SSSR count). The Hall–Kier alpha value is -0.550. The molecular formula is C9H14ClNO. The highest BCUT2D eigenvalue weighted by Gasteiger charge is 2.20. The zero-order valence-electron chi connectivity index (χ0n) is 7.56. The van der Waals surface area contributed by atoms with Crippen LogP contribution < -0.4 is 0 Å². The first-order valence-corrected chi connectivity index (χ1v) is 4.51. The van der Waals surface area contributed by atoms with Gasteiger partial charge < -0.3 is 0 Å². The van der Waals surface area contributed by atoms with Crippen LogP contribution in [0.5, 0.6) is 0 Å². The fourth-order valence-electron chi connectivity index (χ4n) is 0.834. The van der Waals surface area contributed by atoms with Gasteiger partial charge in [0.15, 0.2) is 0 Å². The second-order valence-electron chi connectivity index (χ2n) is 3.10. The van der Waals surface area contributed by atoms with Crippen LogP contribution in [0, 0.1) is 11.3 Å². The summed E-state index contributed by atoms with van der Waals surface area (Å²) in [6.45, 7) is 3.59. The molecule has 0 N–H and O–H groups in total. The van der Waals surface area contributed by atoms with Crippen molar-refractivity contribution in [2.24, 2.45) is 0 Å². The highest BCUT2D eigenvalue weighted by Crippen LogP contribution is 2.20. The van der Waals surface area contributed by atoms with Gasteiger partial charge in [0.2, 0.25) is 0 Å². The van der Waals surface area contributed by atoms with Crippen molar-refractivity contribution >= 4 is 17.4 Å². The quantitative estimate of drug-likeness (QED) is 0.621. The molecule has 0 aliphatic heterocycles. The van der Waals surface area contributed by atoms with E-state index in [1.807, 2.05) is 13.0 Å². The molecule has 1 unspecified atom stereocenters. The number of hydrogen-bond acceptors (Lipinski definition) is 2. The maximum Gasteiger partial charge on any atom is 0.133 e. The van der Waals surface area contributed by atoms with Crippen LogP contribution in [-0.4, -0.2) is 10.7 Å². The summed E-state index contributed by atoms with van der Waals surface area (Å²) in [6.07, 6.45) is 2.33. The molecule has 0 aliphatic carbocycles. The summed E-state index contributed by atoms with van der Waals surface area (Å²) < 4.78 is 0. The molecule has 68 valence electrons. The highest BCUT2D eigenvalue weighted by atomic mass is 35.5. The number of carbonyl (C=O) groups is 1. The predicted molar refractivity (Wildman–Crippen MR) is 49.0 cm³/mol. The Balaban J connectivity index is 3.70. The topological polar surface area (TPSA) is 40.9 Å². The smallest absolute Gasteiger partial charge is 0.133 e. The Bertz CT molecular complexity index is 193. The summed E-state index contributed by atoms with van der Waals surface area (Å²) in [5.41, 5.74) is 0. The third kappa shape index (κ3) is 5.15. The minimum Gasteiger partial charge on any atom is -0.300 e. The molecule has 0 aromatic carbocycles. The normalized spacial score (nSPS) is 14.8. The van der Waals surface area contributed by atoms with Crippen molar-refractivity contribution in [1.29, 1.82) is 5.26 Å². The maximum absolute atomic E-state index is 11.0. The summed E-state index contributed by atoms with van der Waals surface area (Å²) in [5, 5.41) is 8.54. The lowest BCUT2D eigenvalue weighted by molar-refractivity contribution is -0.119. The lowest BCUT2D eigenvalue weighted by Gasteiger charge is -2.10. The van der Waals surface area contributed by atoms with Gasteiger partial charge in [-0.05, 0) is 19.8 Å². The first kappa shape index (κ1) is 11.4. The zero-order valence-corrected chi connectivity index (χ0v) is 8.32. The van der Waals surface area contributed by atoms with Crippen molar-refractivity contribution in [1.82, 2.24) is 0 Å². The molecule has 0 spiro atoms. The highest BCUT2D eigenvalue weighted by molar-refractivity contribution is 6.25. The van der Waals surface area contributed by atoms with Crippen LogP contribution >= 0.6 is 11.6 Å². The third-order valence-corrected chi connectivity index (χ3v) is 1.91. The molecule has 0 fully saturated rings. The largest absolute Gasteiger partial charge is 0.300 e. The Morgan fingerprint density at radius 1 is 1.58 bits per heavy atom. The fourth-order valence-corrected chi connectivity index (χ4v) is 0.928. The number of carbonyl (C=O) groups excluding carboxylic acids is 1. The van der Waals surface area contributed by atoms with Crippen molar-refractivity contribution in [3.8, 4) is 6.07 Å². The average Bonchev–Trinajstić information content (AvgIpc) is 2.02. The van der Waals surface area contributed by atoms with Crippen LogP contribution in [0.1, 0.15) is 39.5 Å². The number of rotatable bonds is 5. The molecule has 0 aromatic heterocycles. The Morgan fingerprint density at radius 2 is 2.17 bits per heavy atom. The van der Waals surface area contributed by atoms with Gasteiger partial charge in [-0.25, -0.2) is 0 Å². The van der Waals surface area contributed by atoms with Crippen LogP contribution in [0.3, 0.4) is 0 Å². The number of nitrogens with zero attached hydrogens (tertiary/aromatic N) is 1. The van der Waals surface area contributed by atoms with E-state index >= 15 is 0 Å². The second-order valence-corrected chi connectivity index (χ2v) is 3.93. The van der Waals surface area contributed by atoms with E-state index in [0.29, 0.717) is 19.3 Å². The molecular weight excluding hydrogens is 174 g/mol. The molecule has 0 radical (unpaired) electrons. The molecule has 0 heterocycles. The van der Waals surface area contributed by atoms with Crippen LogP contribution in [0.4, 0.5) is 0 Å². The van der Waals surface area contributed by atoms with E-state index in [1.165, 1.54) is 0 Å². The zero-order chi connectivity index (χ0) is 9.61. The van der Waals surface area contributed by atoms with E-state index in [2.05, 4.69) is 0 Å². The summed E-state index contributed by atoms with van der Waals surface area (Å²) in [7, 11) is 0. The van der Waals surface area contributed by atoms with Crippen molar-refractivity contribution < 1.29 is 4.79 Å². The Morgan fingerprint density at radius 3 is 2.58 bits per heavy atom. The maximum atomic E-state index is 11.0.